The van der Waals surface area contributed by atoms with Crippen LogP contribution in [0.4, 0.5) is 5.13 Å². The number of sulfone groups is 1. The molecule has 0 saturated carbocycles. The molecule has 0 N–H and O–H groups in total. The van der Waals surface area contributed by atoms with E-state index < -0.39 is 9.84 Å². The Morgan fingerprint density at radius 3 is 2.58 bits per heavy atom. The topological polar surface area (TPSA) is 80.5 Å². The van der Waals surface area contributed by atoms with Crippen molar-refractivity contribution in [3.05, 3.63) is 83.3 Å². The summed E-state index contributed by atoms with van der Waals surface area (Å²) in [5.74, 6) is -0.120. The Labute approximate surface area is 189 Å². The molecule has 31 heavy (non-hydrogen) atoms. The SMILES string of the molecule is O=C(CCS(=O)(=O)Cc1ccccc1)N(Cc1ccco1)c1nc2c(Cl)cccc2s1. The van der Waals surface area contributed by atoms with Gasteiger partial charge in [-0.1, -0.05) is 59.3 Å². The molecular weight excluding hydrogens is 456 g/mol. The zero-order valence-corrected chi connectivity index (χ0v) is 18.8. The molecular formula is C22H19ClN2O4S2. The quantitative estimate of drug-likeness (QED) is 0.355. The summed E-state index contributed by atoms with van der Waals surface area (Å²) in [6.45, 7) is 0.155. The summed E-state index contributed by atoms with van der Waals surface area (Å²) < 4.78 is 31.3. The normalized spacial score (nSPS) is 11.6. The highest BCUT2D eigenvalue weighted by molar-refractivity contribution is 7.90. The lowest BCUT2D eigenvalue weighted by atomic mass is 10.2. The Morgan fingerprint density at radius 1 is 1.06 bits per heavy atom. The number of rotatable bonds is 8. The van der Waals surface area contributed by atoms with Gasteiger partial charge in [0.05, 0.1) is 34.0 Å². The molecule has 0 saturated heterocycles. The first-order valence-electron chi connectivity index (χ1n) is 9.53. The Kier molecular flexibility index (Phi) is 6.41. The van der Waals surface area contributed by atoms with E-state index in [-0.39, 0.29) is 30.4 Å². The van der Waals surface area contributed by atoms with Gasteiger partial charge in [-0.2, -0.15) is 0 Å². The van der Waals surface area contributed by atoms with Gasteiger partial charge in [-0.25, -0.2) is 13.4 Å². The van der Waals surface area contributed by atoms with Crippen molar-refractivity contribution in [3.63, 3.8) is 0 Å². The van der Waals surface area contributed by atoms with E-state index in [1.807, 2.05) is 18.2 Å². The van der Waals surface area contributed by atoms with Gasteiger partial charge < -0.3 is 4.42 Å². The van der Waals surface area contributed by atoms with Gasteiger partial charge >= 0.3 is 0 Å². The number of furan rings is 1. The number of anilines is 1. The fourth-order valence-corrected chi connectivity index (χ4v) is 5.73. The number of amides is 1. The van der Waals surface area contributed by atoms with Crippen molar-refractivity contribution >= 4 is 54.0 Å². The molecule has 2 heterocycles. The lowest BCUT2D eigenvalue weighted by molar-refractivity contribution is -0.118. The molecule has 0 bridgehead atoms. The van der Waals surface area contributed by atoms with Crippen LogP contribution in [0.5, 0.6) is 0 Å². The monoisotopic (exact) mass is 474 g/mol. The lowest BCUT2D eigenvalue weighted by Crippen LogP contribution is -2.31. The molecule has 160 valence electrons. The third-order valence-electron chi connectivity index (χ3n) is 4.64. The van der Waals surface area contributed by atoms with Crippen LogP contribution in [0.2, 0.25) is 5.02 Å². The third kappa shape index (κ3) is 5.33. The maximum atomic E-state index is 13.1. The highest BCUT2D eigenvalue weighted by atomic mass is 35.5. The van der Waals surface area contributed by atoms with Crippen molar-refractivity contribution in [2.75, 3.05) is 10.7 Å². The largest absolute Gasteiger partial charge is 0.467 e. The van der Waals surface area contributed by atoms with Crippen molar-refractivity contribution in [2.45, 2.75) is 18.7 Å². The number of benzene rings is 2. The molecule has 0 spiro atoms. The first kappa shape index (κ1) is 21.5. The number of carbonyl (C=O) groups excluding carboxylic acids is 1. The van der Waals surface area contributed by atoms with Crippen molar-refractivity contribution in [3.8, 4) is 0 Å². The molecule has 2 aromatic heterocycles. The minimum atomic E-state index is -3.45. The van der Waals surface area contributed by atoms with Crippen LogP contribution >= 0.6 is 22.9 Å². The molecule has 0 fully saturated rings. The Hall–Kier alpha value is -2.68. The molecule has 1 amide bonds. The average Bonchev–Trinajstić information content (AvgIpc) is 3.41. The predicted octanol–water partition coefficient (Wildman–Crippen LogP) is 5.08. The first-order valence-corrected chi connectivity index (χ1v) is 12.5. The average molecular weight is 475 g/mol. The summed E-state index contributed by atoms with van der Waals surface area (Å²) in [7, 11) is -3.45. The van der Waals surface area contributed by atoms with E-state index >= 15 is 0 Å². The molecule has 6 nitrogen and oxygen atoms in total. The highest BCUT2D eigenvalue weighted by Crippen LogP contribution is 2.33. The van der Waals surface area contributed by atoms with Crippen LogP contribution in [-0.2, 0) is 26.9 Å². The fourth-order valence-electron chi connectivity index (χ4n) is 3.12. The molecule has 0 unspecified atom stereocenters. The second-order valence-corrected chi connectivity index (χ2v) is 10.6. The number of para-hydroxylation sites is 1. The van der Waals surface area contributed by atoms with Gasteiger partial charge in [-0.15, -0.1) is 0 Å². The molecule has 4 rings (SSSR count). The summed E-state index contributed by atoms with van der Waals surface area (Å²) in [4.78, 5) is 19.1. The number of fused-ring (bicyclic) bond motifs is 1. The van der Waals surface area contributed by atoms with Gasteiger partial charge in [0.1, 0.15) is 11.3 Å². The van der Waals surface area contributed by atoms with Crippen LogP contribution in [-0.4, -0.2) is 25.1 Å². The number of carbonyl (C=O) groups is 1. The minimum absolute atomic E-state index is 0.101. The van der Waals surface area contributed by atoms with Gasteiger partial charge in [0.25, 0.3) is 0 Å². The van der Waals surface area contributed by atoms with Crippen molar-refractivity contribution in [1.29, 1.82) is 0 Å². The van der Waals surface area contributed by atoms with E-state index in [1.165, 1.54) is 22.5 Å². The summed E-state index contributed by atoms with van der Waals surface area (Å²) in [5.41, 5.74) is 1.31. The molecule has 9 heteroatoms. The van der Waals surface area contributed by atoms with E-state index in [1.54, 1.807) is 42.5 Å². The zero-order chi connectivity index (χ0) is 21.8. The minimum Gasteiger partial charge on any atom is -0.467 e. The smallest absolute Gasteiger partial charge is 0.230 e. The maximum absolute atomic E-state index is 13.1. The highest BCUT2D eigenvalue weighted by Gasteiger charge is 2.24. The Morgan fingerprint density at radius 2 is 1.87 bits per heavy atom. The van der Waals surface area contributed by atoms with Crippen LogP contribution in [0.3, 0.4) is 0 Å². The Balaban J connectivity index is 1.54. The molecule has 2 aromatic carbocycles. The van der Waals surface area contributed by atoms with E-state index in [2.05, 4.69) is 4.98 Å². The van der Waals surface area contributed by atoms with Crippen LogP contribution in [0.25, 0.3) is 10.2 Å². The predicted molar refractivity (Wildman–Crippen MR) is 123 cm³/mol. The standard InChI is InChI=1S/C22H19ClN2O4S2/c23-18-9-4-10-19-21(18)24-22(30-19)25(14-17-8-5-12-29-17)20(26)11-13-31(27,28)15-16-6-2-1-3-7-16/h1-10,12H,11,13-15H2. The van der Waals surface area contributed by atoms with Gasteiger partial charge in [-0.3, -0.25) is 9.69 Å². The van der Waals surface area contributed by atoms with E-state index in [9.17, 15) is 13.2 Å². The van der Waals surface area contributed by atoms with Gasteiger partial charge in [0.2, 0.25) is 5.91 Å². The van der Waals surface area contributed by atoms with Crippen LogP contribution in [0.15, 0.2) is 71.3 Å². The summed E-state index contributed by atoms with van der Waals surface area (Å²) in [5, 5.41) is 0.945. The lowest BCUT2D eigenvalue weighted by Gasteiger charge is -2.18. The molecule has 0 aliphatic rings. The van der Waals surface area contributed by atoms with Gasteiger partial charge in [0.15, 0.2) is 15.0 Å². The number of halogens is 1. The van der Waals surface area contributed by atoms with Crippen LogP contribution < -0.4 is 4.90 Å². The molecule has 0 aliphatic heterocycles. The Bertz CT molecular complexity index is 1290. The number of aromatic nitrogens is 1. The molecule has 4 aromatic rings. The zero-order valence-electron chi connectivity index (χ0n) is 16.4. The number of thiazole rings is 1. The van der Waals surface area contributed by atoms with E-state index in [4.69, 9.17) is 16.0 Å². The number of hydrogen-bond acceptors (Lipinski definition) is 6. The maximum Gasteiger partial charge on any atom is 0.230 e. The van der Waals surface area contributed by atoms with Gasteiger partial charge in [-0.05, 0) is 29.8 Å². The van der Waals surface area contributed by atoms with Crippen LogP contribution in [0, 0.1) is 0 Å². The van der Waals surface area contributed by atoms with Crippen molar-refractivity contribution in [2.24, 2.45) is 0 Å². The fraction of sp³-hybridized carbons (Fsp3) is 0.182. The first-order chi connectivity index (χ1) is 14.9. The van der Waals surface area contributed by atoms with E-state index in [0.717, 1.165) is 4.70 Å². The second kappa shape index (κ2) is 9.21. The summed E-state index contributed by atoms with van der Waals surface area (Å²) in [6, 6.07) is 17.9. The summed E-state index contributed by atoms with van der Waals surface area (Å²) in [6.07, 6.45) is 1.37. The molecule has 0 radical (unpaired) electrons. The molecule has 0 atom stereocenters. The summed E-state index contributed by atoms with van der Waals surface area (Å²) >= 11 is 7.56. The van der Waals surface area contributed by atoms with Crippen molar-refractivity contribution < 1.29 is 17.6 Å². The number of hydrogen-bond donors (Lipinski definition) is 0. The van der Waals surface area contributed by atoms with Crippen LogP contribution in [0.1, 0.15) is 17.7 Å². The second-order valence-electron chi connectivity index (χ2n) is 6.97. The van der Waals surface area contributed by atoms with E-state index in [0.29, 0.717) is 27.0 Å². The molecule has 0 aliphatic carbocycles. The third-order valence-corrected chi connectivity index (χ3v) is 7.59. The van der Waals surface area contributed by atoms with Crippen molar-refractivity contribution in [1.82, 2.24) is 4.98 Å². The number of nitrogens with zero attached hydrogens (tertiary/aromatic N) is 2. The van der Waals surface area contributed by atoms with Gasteiger partial charge in [0, 0.05) is 6.42 Å².